The molecule has 30 heavy (non-hydrogen) atoms. The number of hydrogen-bond acceptors (Lipinski definition) is 5. The molecule has 1 aromatic carbocycles. The molecule has 1 aliphatic carbocycles. The van der Waals surface area contributed by atoms with Gasteiger partial charge in [0.2, 0.25) is 11.8 Å². The number of allylic oxidation sites excluding steroid dienone is 2. The van der Waals surface area contributed by atoms with Crippen molar-refractivity contribution in [2.45, 2.75) is 19.4 Å². The molecule has 0 unspecified atom stereocenters. The molecule has 4 rings (SSSR count). The van der Waals surface area contributed by atoms with E-state index in [1.807, 2.05) is 28.0 Å². The highest BCUT2D eigenvalue weighted by Gasteiger charge is 2.45. The van der Waals surface area contributed by atoms with E-state index < -0.39 is 0 Å². The zero-order valence-electron chi connectivity index (χ0n) is 17.7. The Morgan fingerprint density at radius 1 is 1.13 bits per heavy atom. The van der Waals surface area contributed by atoms with Crippen molar-refractivity contribution in [1.82, 2.24) is 9.80 Å². The Hall–Kier alpha value is -2.54. The highest BCUT2D eigenvalue weighted by molar-refractivity contribution is 5.89. The molecule has 7 nitrogen and oxygen atoms in total. The van der Waals surface area contributed by atoms with Crippen LogP contribution in [0.2, 0.25) is 0 Å². The SMILES string of the molecule is COc1ccc(CN2CC[C@H]3C=CC[C@@H](C(=O)N4CCOCC4)[C@H]3C2=O)cc1OC. The standard InChI is InChI=1S/C23H30N2O5/c1-28-19-7-6-16(14-20(19)29-2)15-25-9-8-17-4-3-5-18(21(17)23(25)27)22(26)24-10-12-30-13-11-24/h3-4,6-7,14,17-18,21H,5,8-13,15H2,1-2H3/t17-,18-,21+/m1/s1. The molecule has 2 aliphatic heterocycles. The third-order valence-electron chi connectivity index (χ3n) is 6.46. The topological polar surface area (TPSA) is 68.3 Å². The number of methoxy groups -OCH3 is 2. The molecular weight excluding hydrogens is 384 g/mol. The van der Waals surface area contributed by atoms with E-state index >= 15 is 0 Å². The molecule has 0 saturated carbocycles. The Kier molecular flexibility index (Phi) is 6.27. The summed E-state index contributed by atoms with van der Waals surface area (Å²) in [6.45, 7) is 3.56. The van der Waals surface area contributed by atoms with Gasteiger partial charge in [0.25, 0.3) is 0 Å². The van der Waals surface area contributed by atoms with Crippen LogP contribution >= 0.6 is 0 Å². The molecule has 1 aromatic rings. The molecular formula is C23H30N2O5. The number of morpholine rings is 1. The molecule has 2 saturated heterocycles. The number of nitrogens with zero attached hydrogens (tertiary/aromatic N) is 2. The van der Waals surface area contributed by atoms with Gasteiger partial charge in [-0.2, -0.15) is 0 Å². The molecule has 7 heteroatoms. The first kappa shape index (κ1) is 20.7. The van der Waals surface area contributed by atoms with Crippen LogP contribution in [0.25, 0.3) is 0 Å². The summed E-state index contributed by atoms with van der Waals surface area (Å²) in [4.78, 5) is 30.4. The average molecular weight is 415 g/mol. The molecule has 2 heterocycles. The van der Waals surface area contributed by atoms with Gasteiger partial charge in [-0.15, -0.1) is 0 Å². The van der Waals surface area contributed by atoms with E-state index in [0.717, 1.165) is 12.0 Å². The largest absolute Gasteiger partial charge is 0.493 e. The first-order valence-electron chi connectivity index (χ1n) is 10.6. The summed E-state index contributed by atoms with van der Waals surface area (Å²) in [6.07, 6.45) is 5.74. The van der Waals surface area contributed by atoms with E-state index in [1.165, 1.54) is 0 Å². The average Bonchev–Trinajstić information content (AvgIpc) is 2.80. The zero-order chi connectivity index (χ0) is 21.1. The maximum absolute atomic E-state index is 13.5. The number of rotatable bonds is 5. The third-order valence-corrected chi connectivity index (χ3v) is 6.46. The molecule has 0 bridgehead atoms. The fourth-order valence-electron chi connectivity index (χ4n) is 4.85. The predicted molar refractivity (Wildman–Crippen MR) is 111 cm³/mol. The maximum Gasteiger partial charge on any atom is 0.227 e. The zero-order valence-corrected chi connectivity index (χ0v) is 17.7. The fraction of sp³-hybridized carbons (Fsp3) is 0.565. The minimum absolute atomic E-state index is 0.0806. The molecule has 2 amide bonds. The van der Waals surface area contributed by atoms with Crippen LogP contribution in [-0.4, -0.2) is 68.7 Å². The smallest absolute Gasteiger partial charge is 0.227 e. The van der Waals surface area contributed by atoms with Gasteiger partial charge < -0.3 is 24.0 Å². The van der Waals surface area contributed by atoms with E-state index in [2.05, 4.69) is 12.2 Å². The molecule has 0 aromatic heterocycles. The lowest BCUT2D eigenvalue weighted by atomic mass is 9.71. The summed E-state index contributed by atoms with van der Waals surface area (Å²) in [5.74, 6) is 1.08. The van der Waals surface area contributed by atoms with Crippen LogP contribution in [-0.2, 0) is 20.9 Å². The van der Waals surface area contributed by atoms with Crippen LogP contribution < -0.4 is 9.47 Å². The van der Waals surface area contributed by atoms with Crippen LogP contribution in [0.3, 0.4) is 0 Å². The Balaban J connectivity index is 1.51. The summed E-state index contributed by atoms with van der Waals surface area (Å²) in [5.41, 5.74) is 0.988. The number of likely N-dealkylation sites (tertiary alicyclic amines) is 1. The second-order valence-corrected chi connectivity index (χ2v) is 8.14. The number of carbonyl (C=O) groups excluding carboxylic acids is 2. The van der Waals surface area contributed by atoms with Crippen LogP contribution in [0.1, 0.15) is 18.4 Å². The quantitative estimate of drug-likeness (QED) is 0.691. The summed E-state index contributed by atoms with van der Waals surface area (Å²) < 4.78 is 16.1. The number of fused-ring (bicyclic) bond motifs is 1. The second-order valence-electron chi connectivity index (χ2n) is 8.14. The second kappa shape index (κ2) is 9.08. The van der Waals surface area contributed by atoms with E-state index in [-0.39, 0.29) is 29.6 Å². The Morgan fingerprint density at radius 2 is 1.90 bits per heavy atom. The Morgan fingerprint density at radius 3 is 2.63 bits per heavy atom. The number of amides is 2. The molecule has 2 fully saturated rings. The number of piperidine rings is 1. The number of carbonyl (C=O) groups is 2. The van der Waals surface area contributed by atoms with Gasteiger partial charge in [-0.1, -0.05) is 18.2 Å². The van der Waals surface area contributed by atoms with Gasteiger partial charge in [-0.25, -0.2) is 0 Å². The van der Waals surface area contributed by atoms with E-state index in [9.17, 15) is 9.59 Å². The summed E-state index contributed by atoms with van der Waals surface area (Å²) in [6, 6.07) is 5.73. The molecule has 162 valence electrons. The fourth-order valence-corrected chi connectivity index (χ4v) is 4.85. The summed E-state index contributed by atoms with van der Waals surface area (Å²) in [7, 11) is 3.21. The third kappa shape index (κ3) is 4.03. The lowest BCUT2D eigenvalue weighted by Gasteiger charge is -2.43. The van der Waals surface area contributed by atoms with Crippen molar-refractivity contribution >= 4 is 11.8 Å². The van der Waals surface area contributed by atoms with E-state index in [4.69, 9.17) is 14.2 Å². The maximum atomic E-state index is 13.5. The van der Waals surface area contributed by atoms with Crippen molar-refractivity contribution < 1.29 is 23.8 Å². The predicted octanol–water partition coefficient (Wildman–Crippen LogP) is 2.10. The molecule has 0 radical (unpaired) electrons. The molecule has 3 aliphatic rings. The van der Waals surface area contributed by atoms with Crippen LogP contribution in [0.4, 0.5) is 0 Å². The van der Waals surface area contributed by atoms with Gasteiger partial charge >= 0.3 is 0 Å². The molecule has 0 spiro atoms. The Labute approximate surface area is 177 Å². The van der Waals surface area contributed by atoms with Crippen molar-refractivity contribution in [1.29, 1.82) is 0 Å². The number of benzene rings is 1. The first-order chi connectivity index (χ1) is 14.6. The molecule has 3 atom stereocenters. The summed E-state index contributed by atoms with van der Waals surface area (Å²) >= 11 is 0. The van der Waals surface area contributed by atoms with Gasteiger partial charge in [-0.05, 0) is 36.5 Å². The first-order valence-corrected chi connectivity index (χ1v) is 10.6. The number of ether oxygens (including phenoxy) is 3. The highest BCUT2D eigenvalue weighted by Crippen LogP contribution is 2.39. The van der Waals surface area contributed by atoms with Crippen LogP contribution in [0.5, 0.6) is 11.5 Å². The van der Waals surface area contributed by atoms with Crippen molar-refractivity contribution in [2.75, 3.05) is 47.1 Å². The van der Waals surface area contributed by atoms with E-state index in [1.54, 1.807) is 14.2 Å². The lowest BCUT2D eigenvalue weighted by Crippen LogP contribution is -2.53. The minimum atomic E-state index is -0.279. The van der Waals surface area contributed by atoms with Crippen LogP contribution in [0.15, 0.2) is 30.4 Å². The normalized spacial score (nSPS) is 26.3. The van der Waals surface area contributed by atoms with E-state index in [0.29, 0.717) is 57.3 Å². The Bertz CT molecular complexity index is 818. The van der Waals surface area contributed by atoms with Crippen molar-refractivity contribution in [3.8, 4) is 11.5 Å². The van der Waals surface area contributed by atoms with Gasteiger partial charge in [0, 0.05) is 26.2 Å². The number of hydrogen-bond donors (Lipinski definition) is 0. The highest BCUT2D eigenvalue weighted by atomic mass is 16.5. The van der Waals surface area contributed by atoms with Crippen molar-refractivity contribution in [2.24, 2.45) is 17.8 Å². The lowest BCUT2D eigenvalue weighted by molar-refractivity contribution is -0.153. The van der Waals surface area contributed by atoms with Crippen molar-refractivity contribution in [3.63, 3.8) is 0 Å². The summed E-state index contributed by atoms with van der Waals surface area (Å²) in [5, 5.41) is 0. The van der Waals surface area contributed by atoms with Crippen LogP contribution in [0, 0.1) is 17.8 Å². The van der Waals surface area contributed by atoms with Gasteiger partial charge in [0.05, 0.1) is 39.3 Å². The van der Waals surface area contributed by atoms with Gasteiger partial charge in [-0.3, -0.25) is 9.59 Å². The van der Waals surface area contributed by atoms with Gasteiger partial charge in [0.15, 0.2) is 11.5 Å². The van der Waals surface area contributed by atoms with Gasteiger partial charge in [0.1, 0.15) is 0 Å². The monoisotopic (exact) mass is 414 g/mol. The minimum Gasteiger partial charge on any atom is -0.493 e. The molecule has 0 N–H and O–H groups in total. The van der Waals surface area contributed by atoms with Crippen molar-refractivity contribution in [3.05, 3.63) is 35.9 Å².